The second-order valence-electron chi connectivity index (χ2n) is 4.61. The molecule has 0 aliphatic rings. The lowest BCUT2D eigenvalue weighted by Crippen LogP contribution is -2.10. The molecular weight excluding hydrogens is 302 g/mol. The van der Waals surface area contributed by atoms with Crippen LogP contribution in [0.15, 0.2) is 53.5 Å². The van der Waals surface area contributed by atoms with Crippen LogP contribution >= 0.6 is 0 Å². The molecule has 9 heteroatoms. The van der Waals surface area contributed by atoms with Crippen molar-refractivity contribution in [3.05, 3.63) is 70.7 Å². The summed E-state index contributed by atoms with van der Waals surface area (Å²) in [6, 6.07) is 6.47. The van der Waals surface area contributed by atoms with E-state index in [0.29, 0.717) is 11.4 Å². The SMILES string of the molecule is O=C(Nc1ccncc1)c1ccc(Cn2cc([N+](=O)[O-])cn2)o1. The number of pyridine rings is 1. The number of furan rings is 1. The number of nitrogens with one attached hydrogen (secondary N) is 1. The number of aromatic nitrogens is 3. The van der Waals surface area contributed by atoms with Crippen LogP contribution in [0.4, 0.5) is 11.4 Å². The van der Waals surface area contributed by atoms with Crippen LogP contribution in [0.1, 0.15) is 16.3 Å². The van der Waals surface area contributed by atoms with E-state index in [1.165, 1.54) is 16.9 Å². The van der Waals surface area contributed by atoms with Gasteiger partial charge in [-0.2, -0.15) is 5.10 Å². The average molecular weight is 313 g/mol. The molecule has 0 unspecified atom stereocenters. The highest BCUT2D eigenvalue weighted by atomic mass is 16.6. The predicted molar refractivity (Wildman–Crippen MR) is 78.9 cm³/mol. The number of amides is 1. The van der Waals surface area contributed by atoms with Gasteiger partial charge in [-0.05, 0) is 24.3 Å². The van der Waals surface area contributed by atoms with Gasteiger partial charge in [0.25, 0.3) is 5.91 Å². The summed E-state index contributed by atoms with van der Waals surface area (Å²) < 4.78 is 6.80. The summed E-state index contributed by atoms with van der Waals surface area (Å²) in [5.41, 5.74) is 0.498. The Bertz CT molecular complexity index is 840. The minimum atomic E-state index is -0.529. The first kappa shape index (κ1) is 14.4. The lowest BCUT2D eigenvalue weighted by molar-refractivity contribution is -0.385. The van der Waals surface area contributed by atoms with Gasteiger partial charge in [-0.1, -0.05) is 0 Å². The molecule has 0 aliphatic heterocycles. The van der Waals surface area contributed by atoms with Crippen molar-refractivity contribution >= 4 is 17.3 Å². The van der Waals surface area contributed by atoms with Gasteiger partial charge < -0.3 is 9.73 Å². The molecule has 3 aromatic rings. The normalized spacial score (nSPS) is 10.4. The summed E-state index contributed by atoms with van der Waals surface area (Å²) >= 11 is 0. The Morgan fingerprint density at radius 3 is 2.78 bits per heavy atom. The maximum Gasteiger partial charge on any atom is 0.307 e. The molecule has 3 aromatic heterocycles. The molecular formula is C14H11N5O4. The highest BCUT2D eigenvalue weighted by molar-refractivity contribution is 6.02. The number of rotatable bonds is 5. The third kappa shape index (κ3) is 3.40. The summed E-state index contributed by atoms with van der Waals surface area (Å²) in [5.74, 6) is 0.204. The molecule has 0 radical (unpaired) electrons. The molecule has 9 nitrogen and oxygen atoms in total. The Hall–Kier alpha value is -3.49. The van der Waals surface area contributed by atoms with Gasteiger partial charge in [0, 0.05) is 18.1 Å². The molecule has 0 spiro atoms. The van der Waals surface area contributed by atoms with Crippen LogP contribution in [0.3, 0.4) is 0 Å². The topological polar surface area (TPSA) is 116 Å². The lowest BCUT2D eigenvalue weighted by atomic mass is 10.3. The van der Waals surface area contributed by atoms with E-state index in [1.807, 2.05) is 0 Å². The van der Waals surface area contributed by atoms with Gasteiger partial charge in [-0.3, -0.25) is 24.6 Å². The predicted octanol–water partition coefficient (Wildman–Crippen LogP) is 2.08. The Morgan fingerprint density at radius 2 is 2.09 bits per heavy atom. The smallest absolute Gasteiger partial charge is 0.307 e. The highest BCUT2D eigenvalue weighted by Crippen LogP contribution is 2.14. The van der Waals surface area contributed by atoms with E-state index in [-0.39, 0.29) is 18.0 Å². The second kappa shape index (κ2) is 6.10. The fraction of sp³-hybridized carbons (Fsp3) is 0.0714. The van der Waals surface area contributed by atoms with Crippen molar-refractivity contribution < 1.29 is 14.1 Å². The Labute approximate surface area is 129 Å². The molecule has 0 aliphatic carbocycles. The Balaban J connectivity index is 1.67. The molecule has 23 heavy (non-hydrogen) atoms. The monoisotopic (exact) mass is 313 g/mol. The molecule has 0 atom stereocenters. The van der Waals surface area contributed by atoms with Crippen molar-refractivity contribution in [1.29, 1.82) is 0 Å². The van der Waals surface area contributed by atoms with Crippen molar-refractivity contribution in [3.8, 4) is 0 Å². The molecule has 1 N–H and O–H groups in total. The van der Waals surface area contributed by atoms with Crippen LogP contribution < -0.4 is 5.32 Å². The van der Waals surface area contributed by atoms with Gasteiger partial charge in [0.05, 0.1) is 11.5 Å². The van der Waals surface area contributed by atoms with E-state index in [2.05, 4.69) is 15.4 Å². The van der Waals surface area contributed by atoms with Crippen molar-refractivity contribution in [2.24, 2.45) is 0 Å². The molecule has 116 valence electrons. The van der Waals surface area contributed by atoms with Gasteiger partial charge in [0.2, 0.25) is 0 Å². The van der Waals surface area contributed by atoms with E-state index in [9.17, 15) is 14.9 Å². The quantitative estimate of drug-likeness (QED) is 0.569. The van der Waals surface area contributed by atoms with Crippen LogP contribution in [0, 0.1) is 10.1 Å². The van der Waals surface area contributed by atoms with Gasteiger partial charge in [0.1, 0.15) is 18.2 Å². The molecule has 3 heterocycles. The number of anilines is 1. The van der Waals surface area contributed by atoms with Gasteiger partial charge in [-0.25, -0.2) is 0 Å². The molecule has 1 amide bonds. The molecule has 0 aromatic carbocycles. The molecule has 0 saturated heterocycles. The first-order valence-corrected chi connectivity index (χ1v) is 6.59. The fourth-order valence-corrected chi connectivity index (χ4v) is 1.91. The van der Waals surface area contributed by atoms with Crippen molar-refractivity contribution in [2.45, 2.75) is 6.54 Å². The summed E-state index contributed by atoms with van der Waals surface area (Å²) in [6.07, 6.45) is 5.57. The van der Waals surface area contributed by atoms with Crippen molar-refractivity contribution in [2.75, 3.05) is 5.32 Å². The number of nitro groups is 1. The minimum Gasteiger partial charge on any atom is -0.454 e. The van der Waals surface area contributed by atoms with Crippen LogP contribution in [0.25, 0.3) is 0 Å². The summed E-state index contributed by atoms with van der Waals surface area (Å²) in [6.45, 7) is 0.191. The molecule has 0 bridgehead atoms. The zero-order chi connectivity index (χ0) is 16.2. The van der Waals surface area contributed by atoms with Gasteiger partial charge in [-0.15, -0.1) is 0 Å². The van der Waals surface area contributed by atoms with E-state index in [0.717, 1.165) is 6.20 Å². The summed E-state index contributed by atoms with van der Waals surface area (Å²) in [7, 11) is 0. The summed E-state index contributed by atoms with van der Waals surface area (Å²) in [5, 5.41) is 17.1. The van der Waals surface area contributed by atoms with Gasteiger partial charge >= 0.3 is 5.69 Å². The van der Waals surface area contributed by atoms with Crippen LogP contribution in [-0.2, 0) is 6.54 Å². The Morgan fingerprint density at radius 1 is 1.30 bits per heavy atom. The number of carbonyl (C=O) groups excluding carboxylic acids is 1. The third-order valence-corrected chi connectivity index (χ3v) is 2.97. The van der Waals surface area contributed by atoms with E-state index in [4.69, 9.17) is 4.42 Å². The van der Waals surface area contributed by atoms with E-state index >= 15 is 0 Å². The minimum absolute atomic E-state index is 0.104. The van der Waals surface area contributed by atoms with E-state index in [1.54, 1.807) is 30.6 Å². The number of nitrogens with zero attached hydrogens (tertiary/aromatic N) is 4. The first-order chi connectivity index (χ1) is 11.1. The molecule has 3 rings (SSSR count). The van der Waals surface area contributed by atoms with E-state index < -0.39 is 10.8 Å². The molecule has 0 fully saturated rings. The average Bonchev–Trinajstić information content (AvgIpc) is 3.18. The largest absolute Gasteiger partial charge is 0.454 e. The van der Waals surface area contributed by atoms with Crippen molar-refractivity contribution in [3.63, 3.8) is 0 Å². The standard InChI is InChI=1S/C14H11N5O4/c20-14(17-10-3-5-15-6-4-10)13-2-1-12(23-13)9-18-8-11(7-16-18)19(21)22/h1-8H,9H2,(H,15,17,20). The Kier molecular flexibility index (Phi) is 3.83. The maximum absolute atomic E-state index is 12.0. The second-order valence-corrected chi connectivity index (χ2v) is 4.61. The number of hydrogen-bond acceptors (Lipinski definition) is 6. The number of hydrogen-bond donors (Lipinski definition) is 1. The zero-order valence-corrected chi connectivity index (χ0v) is 11.7. The zero-order valence-electron chi connectivity index (χ0n) is 11.7. The summed E-state index contributed by atoms with van der Waals surface area (Å²) in [4.78, 5) is 26.0. The van der Waals surface area contributed by atoms with Crippen LogP contribution in [0.5, 0.6) is 0 Å². The third-order valence-electron chi connectivity index (χ3n) is 2.97. The van der Waals surface area contributed by atoms with Crippen molar-refractivity contribution in [1.82, 2.24) is 14.8 Å². The highest BCUT2D eigenvalue weighted by Gasteiger charge is 2.13. The van der Waals surface area contributed by atoms with Crippen LogP contribution in [-0.4, -0.2) is 25.6 Å². The molecule has 0 saturated carbocycles. The number of carbonyl (C=O) groups is 1. The fourth-order valence-electron chi connectivity index (χ4n) is 1.91. The first-order valence-electron chi connectivity index (χ1n) is 6.59. The maximum atomic E-state index is 12.0. The lowest BCUT2D eigenvalue weighted by Gasteiger charge is -2.02. The van der Waals surface area contributed by atoms with Gasteiger partial charge in [0.15, 0.2) is 5.76 Å². The van der Waals surface area contributed by atoms with Crippen LogP contribution in [0.2, 0.25) is 0 Å².